The molecule has 0 aromatic heterocycles. The summed E-state index contributed by atoms with van der Waals surface area (Å²) < 4.78 is 15.9. The lowest BCUT2D eigenvalue weighted by atomic mass is 10.2. The molecule has 0 amide bonds. The Balaban J connectivity index is 1.82. The van der Waals surface area contributed by atoms with Gasteiger partial charge in [-0.25, -0.2) is 0 Å². The molecule has 0 aliphatic carbocycles. The van der Waals surface area contributed by atoms with Crippen LogP contribution in [0.2, 0.25) is 0 Å². The first-order valence-electron chi connectivity index (χ1n) is 7.13. The molecule has 0 spiro atoms. The minimum atomic E-state index is 0.242. The zero-order valence-electron chi connectivity index (χ0n) is 12.8. The minimum absolute atomic E-state index is 0.242. The van der Waals surface area contributed by atoms with Gasteiger partial charge >= 0.3 is 0 Å². The zero-order valence-corrected chi connectivity index (χ0v) is 13.6. The molecule has 1 unspecified atom stereocenters. The van der Waals surface area contributed by atoms with Crippen LogP contribution in [0.5, 0.6) is 11.5 Å². The highest BCUT2D eigenvalue weighted by Gasteiger charge is 2.14. The second-order valence-corrected chi connectivity index (χ2v) is 5.27. The van der Waals surface area contributed by atoms with E-state index in [0.29, 0.717) is 23.2 Å². The Bertz CT molecular complexity index is 509. The van der Waals surface area contributed by atoms with Crippen molar-refractivity contribution in [3.63, 3.8) is 0 Å². The average molecular weight is 323 g/mol. The summed E-state index contributed by atoms with van der Waals surface area (Å²) in [5.74, 6) is 1.42. The topological polar surface area (TPSA) is 64.1 Å². The van der Waals surface area contributed by atoms with E-state index in [1.165, 1.54) is 0 Å². The van der Waals surface area contributed by atoms with E-state index in [-0.39, 0.29) is 6.10 Å². The number of methoxy groups -OCH3 is 2. The Hall–Kier alpha value is -1.86. The molecule has 2 N–H and O–H groups in total. The average Bonchev–Trinajstić information content (AvgIpc) is 3.06. The molecule has 1 aromatic carbocycles. The Kier molecular flexibility index (Phi) is 6.42. The summed E-state index contributed by atoms with van der Waals surface area (Å²) in [7, 11) is 3.22. The third kappa shape index (κ3) is 5.16. The van der Waals surface area contributed by atoms with Crippen molar-refractivity contribution in [2.45, 2.75) is 18.9 Å². The molecule has 1 atom stereocenters. The molecule has 120 valence electrons. The highest BCUT2D eigenvalue weighted by molar-refractivity contribution is 7.80. The van der Waals surface area contributed by atoms with Crippen LogP contribution < -0.4 is 20.2 Å². The summed E-state index contributed by atoms with van der Waals surface area (Å²) in [6, 6.07) is 5.52. The van der Waals surface area contributed by atoms with E-state index < -0.39 is 0 Å². The van der Waals surface area contributed by atoms with E-state index in [9.17, 15) is 0 Å². The van der Waals surface area contributed by atoms with Crippen molar-refractivity contribution in [1.82, 2.24) is 10.7 Å². The summed E-state index contributed by atoms with van der Waals surface area (Å²) in [5, 5.41) is 7.67. The lowest BCUT2D eigenvalue weighted by Crippen LogP contribution is -2.37. The van der Waals surface area contributed by atoms with Crippen molar-refractivity contribution >= 4 is 23.5 Å². The molecular weight excluding hydrogens is 302 g/mol. The molecule has 0 saturated carbocycles. The molecular formula is C15H21N3O3S. The zero-order chi connectivity index (χ0) is 15.8. The predicted octanol–water partition coefficient (Wildman–Crippen LogP) is 1.68. The molecule has 1 aliphatic heterocycles. The fraction of sp³-hybridized carbons (Fsp3) is 0.467. The van der Waals surface area contributed by atoms with Gasteiger partial charge in [-0.3, -0.25) is 5.43 Å². The van der Waals surface area contributed by atoms with Crippen molar-refractivity contribution in [3.8, 4) is 11.5 Å². The summed E-state index contributed by atoms with van der Waals surface area (Å²) >= 11 is 5.16. The molecule has 7 heteroatoms. The maximum Gasteiger partial charge on any atom is 0.187 e. The molecule has 2 rings (SSSR count). The third-order valence-electron chi connectivity index (χ3n) is 3.27. The Morgan fingerprint density at radius 3 is 2.68 bits per heavy atom. The maximum atomic E-state index is 5.51. The van der Waals surface area contributed by atoms with E-state index in [2.05, 4.69) is 15.8 Å². The minimum Gasteiger partial charge on any atom is -0.497 e. The molecule has 0 radical (unpaired) electrons. The second-order valence-electron chi connectivity index (χ2n) is 4.86. The monoisotopic (exact) mass is 323 g/mol. The number of ether oxygens (including phenoxy) is 3. The fourth-order valence-electron chi connectivity index (χ4n) is 2.12. The lowest BCUT2D eigenvalue weighted by Gasteiger charge is -2.11. The molecule has 1 fully saturated rings. The molecule has 22 heavy (non-hydrogen) atoms. The van der Waals surface area contributed by atoms with Gasteiger partial charge in [-0.05, 0) is 37.2 Å². The quantitative estimate of drug-likeness (QED) is 0.472. The smallest absolute Gasteiger partial charge is 0.187 e. The number of hydrogen-bond donors (Lipinski definition) is 2. The number of hydrazone groups is 1. The summed E-state index contributed by atoms with van der Waals surface area (Å²) in [4.78, 5) is 0. The SMILES string of the molecule is COc1cc(/C=N/NC(=S)NCC2CCCO2)cc(OC)c1. The molecule has 1 aromatic rings. The van der Waals surface area contributed by atoms with Crippen molar-refractivity contribution in [2.75, 3.05) is 27.4 Å². The number of hydrogen-bond acceptors (Lipinski definition) is 5. The standard InChI is InChI=1S/C15H21N3O3S/c1-19-13-6-11(7-14(8-13)20-2)9-17-18-15(22)16-10-12-4-3-5-21-12/h6-9,12H,3-5,10H2,1-2H3,(H2,16,18,22)/b17-9+. The second kappa shape index (κ2) is 8.55. The normalized spacial score (nSPS) is 17.5. The first-order valence-corrected chi connectivity index (χ1v) is 7.53. The van der Waals surface area contributed by atoms with Crippen LogP contribution in [0.3, 0.4) is 0 Å². The van der Waals surface area contributed by atoms with Gasteiger partial charge in [0.2, 0.25) is 0 Å². The predicted molar refractivity (Wildman–Crippen MR) is 89.9 cm³/mol. The molecule has 1 aliphatic rings. The van der Waals surface area contributed by atoms with Crippen LogP contribution in [0, 0.1) is 0 Å². The largest absolute Gasteiger partial charge is 0.497 e. The van der Waals surface area contributed by atoms with E-state index in [1.54, 1.807) is 26.5 Å². The van der Waals surface area contributed by atoms with E-state index in [4.69, 9.17) is 26.4 Å². The van der Waals surface area contributed by atoms with Gasteiger partial charge in [-0.1, -0.05) is 0 Å². The number of benzene rings is 1. The Labute approximate surface area is 135 Å². The van der Waals surface area contributed by atoms with Crippen LogP contribution in [-0.4, -0.2) is 44.8 Å². The number of nitrogens with zero attached hydrogens (tertiary/aromatic N) is 1. The summed E-state index contributed by atoms with van der Waals surface area (Å²) in [6.07, 6.45) is 4.09. The summed E-state index contributed by atoms with van der Waals surface area (Å²) in [5.41, 5.74) is 3.64. The number of thiocarbonyl (C=S) groups is 1. The van der Waals surface area contributed by atoms with E-state index in [1.807, 2.05) is 12.1 Å². The molecule has 0 bridgehead atoms. The van der Waals surface area contributed by atoms with Crippen LogP contribution in [0.15, 0.2) is 23.3 Å². The van der Waals surface area contributed by atoms with Crippen molar-refractivity contribution < 1.29 is 14.2 Å². The van der Waals surface area contributed by atoms with Gasteiger partial charge in [0.25, 0.3) is 0 Å². The van der Waals surface area contributed by atoms with Gasteiger partial charge in [0.15, 0.2) is 5.11 Å². The van der Waals surface area contributed by atoms with Gasteiger partial charge in [0.1, 0.15) is 11.5 Å². The third-order valence-corrected chi connectivity index (χ3v) is 3.50. The Morgan fingerprint density at radius 2 is 2.09 bits per heavy atom. The first-order chi connectivity index (χ1) is 10.7. The van der Waals surface area contributed by atoms with Crippen LogP contribution in [-0.2, 0) is 4.74 Å². The van der Waals surface area contributed by atoms with Gasteiger partial charge in [-0.15, -0.1) is 0 Å². The van der Waals surface area contributed by atoms with Gasteiger partial charge < -0.3 is 19.5 Å². The van der Waals surface area contributed by atoms with Crippen molar-refractivity contribution in [2.24, 2.45) is 5.10 Å². The molecule has 1 saturated heterocycles. The van der Waals surface area contributed by atoms with Crippen LogP contribution in [0.25, 0.3) is 0 Å². The van der Waals surface area contributed by atoms with E-state index in [0.717, 1.165) is 25.0 Å². The van der Waals surface area contributed by atoms with E-state index >= 15 is 0 Å². The number of nitrogens with one attached hydrogen (secondary N) is 2. The highest BCUT2D eigenvalue weighted by atomic mass is 32.1. The van der Waals surface area contributed by atoms with Gasteiger partial charge in [-0.2, -0.15) is 5.10 Å². The van der Waals surface area contributed by atoms with Gasteiger partial charge in [0.05, 0.1) is 26.5 Å². The molecule has 1 heterocycles. The highest BCUT2D eigenvalue weighted by Crippen LogP contribution is 2.21. The van der Waals surface area contributed by atoms with Crippen LogP contribution in [0.4, 0.5) is 0 Å². The van der Waals surface area contributed by atoms with Gasteiger partial charge in [0, 0.05) is 24.8 Å². The van der Waals surface area contributed by atoms with Crippen LogP contribution >= 0.6 is 12.2 Å². The Morgan fingerprint density at radius 1 is 1.36 bits per heavy atom. The summed E-state index contributed by atoms with van der Waals surface area (Å²) in [6.45, 7) is 1.54. The maximum absolute atomic E-state index is 5.51. The number of rotatable bonds is 6. The lowest BCUT2D eigenvalue weighted by molar-refractivity contribution is 0.114. The molecule has 6 nitrogen and oxygen atoms in total. The van der Waals surface area contributed by atoms with Crippen molar-refractivity contribution in [3.05, 3.63) is 23.8 Å². The van der Waals surface area contributed by atoms with Crippen LogP contribution in [0.1, 0.15) is 18.4 Å². The first kappa shape index (κ1) is 16.5. The van der Waals surface area contributed by atoms with Crippen molar-refractivity contribution in [1.29, 1.82) is 0 Å². The fourth-order valence-corrected chi connectivity index (χ4v) is 2.26.